The molecule has 1 fully saturated rings. The van der Waals surface area contributed by atoms with Gasteiger partial charge in [0.2, 0.25) is 0 Å². The van der Waals surface area contributed by atoms with Crippen LogP contribution in [-0.2, 0) is 0 Å². The monoisotopic (exact) mass is 291 g/mol. The van der Waals surface area contributed by atoms with Gasteiger partial charge in [0.05, 0.1) is 6.54 Å². The lowest BCUT2D eigenvalue weighted by atomic mass is 9.75. The number of carbonyl (C=O) groups excluding carboxylic acids is 1. The summed E-state index contributed by atoms with van der Waals surface area (Å²) < 4.78 is 0. The van der Waals surface area contributed by atoms with Crippen LogP contribution in [0.1, 0.15) is 44.0 Å². The molecule has 0 spiro atoms. The lowest BCUT2D eigenvalue weighted by Gasteiger charge is -2.38. The molecular weight excluding hydrogens is 266 g/mol. The second kappa shape index (κ2) is 6.06. The zero-order chi connectivity index (χ0) is 15.6. The van der Waals surface area contributed by atoms with Crippen LogP contribution in [0.3, 0.4) is 0 Å². The quantitative estimate of drug-likeness (QED) is 0.664. The van der Waals surface area contributed by atoms with Crippen molar-refractivity contribution in [1.82, 2.24) is 4.90 Å². The van der Waals surface area contributed by atoms with Gasteiger partial charge in [-0.15, -0.1) is 0 Å². The number of nitrogens with zero attached hydrogens (tertiary/aromatic N) is 1. The molecule has 0 saturated carbocycles. The molecule has 0 atom stereocenters. The Morgan fingerprint density at radius 3 is 2.33 bits per heavy atom. The van der Waals surface area contributed by atoms with E-state index in [2.05, 4.69) is 25.7 Å². The predicted molar refractivity (Wildman–Crippen MR) is 82.7 cm³/mol. The molecule has 1 heterocycles. The van der Waals surface area contributed by atoms with Gasteiger partial charge >= 0.3 is 0 Å². The van der Waals surface area contributed by atoms with E-state index in [9.17, 15) is 15.0 Å². The first-order chi connectivity index (χ1) is 9.77. The van der Waals surface area contributed by atoms with Crippen molar-refractivity contribution in [2.45, 2.75) is 33.6 Å². The van der Waals surface area contributed by atoms with E-state index >= 15 is 0 Å². The van der Waals surface area contributed by atoms with Gasteiger partial charge in [0.15, 0.2) is 17.3 Å². The van der Waals surface area contributed by atoms with Gasteiger partial charge in [-0.05, 0) is 55.5 Å². The highest BCUT2D eigenvalue weighted by Gasteiger charge is 2.29. The molecule has 1 saturated heterocycles. The summed E-state index contributed by atoms with van der Waals surface area (Å²) in [4.78, 5) is 14.4. The van der Waals surface area contributed by atoms with Gasteiger partial charge in [0, 0.05) is 5.56 Å². The molecule has 2 N–H and O–H groups in total. The summed E-state index contributed by atoms with van der Waals surface area (Å²) in [7, 11) is 0. The minimum absolute atomic E-state index is 0.0143. The van der Waals surface area contributed by atoms with Gasteiger partial charge in [-0.2, -0.15) is 0 Å². The third-order valence-electron chi connectivity index (χ3n) is 4.48. The Labute approximate surface area is 126 Å². The maximum Gasteiger partial charge on any atom is 0.176 e. The highest BCUT2D eigenvalue weighted by molar-refractivity contribution is 5.98. The van der Waals surface area contributed by atoms with Crippen molar-refractivity contribution in [3.05, 3.63) is 23.8 Å². The van der Waals surface area contributed by atoms with Crippen LogP contribution in [0.5, 0.6) is 11.5 Å². The van der Waals surface area contributed by atoms with Gasteiger partial charge in [0.1, 0.15) is 0 Å². The number of hydrogen-bond donors (Lipinski definition) is 2. The number of piperidine rings is 1. The molecule has 1 aromatic carbocycles. The number of Topliss-reactive ketones (excluding diaryl/α,β-unsaturated/α-hetero) is 1. The molecule has 0 radical (unpaired) electrons. The van der Waals surface area contributed by atoms with Crippen molar-refractivity contribution in [3.8, 4) is 11.5 Å². The Morgan fingerprint density at radius 1 is 1.19 bits per heavy atom. The van der Waals surface area contributed by atoms with E-state index in [-0.39, 0.29) is 17.3 Å². The molecule has 0 bridgehead atoms. The number of carbonyl (C=O) groups is 1. The fourth-order valence-electron chi connectivity index (χ4n) is 2.95. The lowest BCUT2D eigenvalue weighted by molar-refractivity contribution is 0.0821. The second-order valence-corrected chi connectivity index (χ2v) is 7.04. The molecule has 1 aliphatic rings. The maximum absolute atomic E-state index is 12.2. The van der Waals surface area contributed by atoms with Crippen LogP contribution in [-0.4, -0.2) is 40.5 Å². The van der Waals surface area contributed by atoms with Gasteiger partial charge in [-0.3, -0.25) is 9.69 Å². The highest BCUT2D eigenvalue weighted by Crippen LogP contribution is 2.34. The first-order valence-electron chi connectivity index (χ1n) is 7.55. The van der Waals surface area contributed by atoms with E-state index in [1.54, 1.807) is 6.07 Å². The van der Waals surface area contributed by atoms with Gasteiger partial charge < -0.3 is 10.2 Å². The summed E-state index contributed by atoms with van der Waals surface area (Å²) in [6.45, 7) is 9.09. The Hall–Kier alpha value is -1.55. The van der Waals surface area contributed by atoms with Crippen molar-refractivity contribution in [1.29, 1.82) is 0 Å². The number of likely N-dealkylation sites (tertiary alicyclic amines) is 1. The van der Waals surface area contributed by atoms with Crippen molar-refractivity contribution >= 4 is 5.78 Å². The SMILES string of the molecule is CC(C)(C)C1CCN(CC(=O)c2ccc(O)c(O)c2)CC1. The van der Waals surface area contributed by atoms with E-state index in [1.807, 2.05) is 0 Å². The summed E-state index contributed by atoms with van der Waals surface area (Å²) >= 11 is 0. The zero-order valence-corrected chi connectivity index (χ0v) is 13.1. The minimum Gasteiger partial charge on any atom is -0.504 e. The topological polar surface area (TPSA) is 60.8 Å². The van der Waals surface area contributed by atoms with Gasteiger partial charge in [-0.25, -0.2) is 0 Å². The minimum atomic E-state index is -0.243. The number of hydrogen-bond acceptors (Lipinski definition) is 4. The zero-order valence-electron chi connectivity index (χ0n) is 13.1. The van der Waals surface area contributed by atoms with Crippen LogP contribution in [0.2, 0.25) is 0 Å². The van der Waals surface area contributed by atoms with E-state index in [1.165, 1.54) is 12.1 Å². The molecule has 21 heavy (non-hydrogen) atoms. The fraction of sp³-hybridized carbons (Fsp3) is 0.588. The van der Waals surface area contributed by atoms with Crippen molar-refractivity contribution in [2.75, 3.05) is 19.6 Å². The first-order valence-corrected chi connectivity index (χ1v) is 7.55. The molecule has 0 aromatic heterocycles. The standard InChI is InChI=1S/C17H25NO3/c1-17(2,3)13-6-8-18(9-7-13)11-16(21)12-4-5-14(19)15(20)10-12/h4-5,10,13,19-20H,6-9,11H2,1-3H3. The predicted octanol–water partition coefficient (Wildman–Crippen LogP) is 3.04. The summed E-state index contributed by atoms with van der Waals surface area (Å²) in [6.07, 6.45) is 2.25. The van der Waals surface area contributed by atoms with Crippen molar-refractivity contribution in [3.63, 3.8) is 0 Å². The highest BCUT2D eigenvalue weighted by atomic mass is 16.3. The number of benzene rings is 1. The molecule has 1 aliphatic heterocycles. The van der Waals surface area contributed by atoms with Crippen LogP contribution in [0, 0.1) is 11.3 Å². The Kier molecular flexibility index (Phi) is 4.57. The normalized spacial score (nSPS) is 17.9. The van der Waals surface area contributed by atoms with Crippen molar-refractivity contribution < 1.29 is 15.0 Å². The first kappa shape index (κ1) is 15.8. The largest absolute Gasteiger partial charge is 0.504 e. The number of phenolic OH excluding ortho intramolecular Hbond substituents is 2. The number of rotatable bonds is 3. The van der Waals surface area contributed by atoms with E-state index in [0.29, 0.717) is 23.4 Å². The molecule has 4 nitrogen and oxygen atoms in total. The van der Waals surface area contributed by atoms with Crippen LogP contribution in [0.15, 0.2) is 18.2 Å². The summed E-state index contributed by atoms with van der Waals surface area (Å²) in [5, 5.41) is 18.7. The second-order valence-electron chi connectivity index (χ2n) is 7.04. The van der Waals surface area contributed by atoms with Crippen molar-refractivity contribution in [2.24, 2.45) is 11.3 Å². The van der Waals surface area contributed by atoms with Gasteiger partial charge in [-0.1, -0.05) is 20.8 Å². The number of aromatic hydroxyl groups is 2. The Bertz CT molecular complexity index is 511. The maximum atomic E-state index is 12.2. The summed E-state index contributed by atoms with van der Waals surface area (Å²) in [5.41, 5.74) is 0.780. The smallest absolute Gasteiger partial charge is 0.176 e. The molecule has 4 heteroatoms. The lowest BCUT2D eigenvalue weighted by Crippen LogP contribution is -2.40. The molecule has 2 rings (SSSR count). The molecule has 0 amide bonds. The van der Waals surface area contributed by atoms with Crippen LogP contribution < -0.4 is 0 Å². The molecular formula is C17H25NO3. The average molecular weight is 291 g/mol. The fourth-order valence-corrected chi connectivity index (χ4v) is 2.95. The van der Waals surface area contributed by atoms with Crippen LogP contribution >= 0.6 is 0 Å². The number of phenols is 2. The molecule has 0 unspecified atom stereocenters. The third-order valence-corrected chi connectivity index (χ3v) is 4.48. The molecule has 1 aromatic rings. The average Bonchev–Trinajstić information content (AvgIpc) is 2.41. The number of ketones is 1. The van der Waals surface area contributed by atoms with E-state index in [0.717, 1.165) is 25.9 Å². The molecule has 116 valence electrons. The van der Waals surface area contributed by atoms with Gasteiger partial charge in [0.25, 0.3) is 0 Å². The Balaban J connectivity index is 1.91. The third kappa shape index (κ3) is 3.97. The van der Waals surface area contributed by atoms with Crippen LogP contribution in [0.25, 0.3) is 0 Å². The van der Waals surface area contributed by atoms with Crippen LogP contribution in [0.4, 0.5) is 0 Å². The molecule has 0 aliphatic carbocycles. The summed E-state index contributed by atoms with van der Waals surface area (Å²) in [5.74, 6) is 0.255. The van der Waals surface area contributed by atoms with E-state index in [4.69, 9.17) is 0 Å². The Morgan fingerprint density at radius 2 is 1.81 bits per heavy atom. The summed E-state index contributed by atoms with van der Waals surface area (Å²) in [6, 6.07) is 4.24. The van der Waals surface area contributed by atoms with E-state index < -0.39 is 0 Å².